The molecule has 5 aliphatic carbocycles. The third kappa shape index (κ3) is 4.60. The number of rotatable bonds is 4. The third-order valence-electron chi connectivity index (χ3n) is 14.1. The summed E-state index contributed by atoms with van der Waals surface area (Å²) in [6.45, 7) is 12.2. The van der Waals surface area contributed by atoms with E-state index in [1.807, 2.05) is 0 Å². The van der Waals surface area contributed by atoms with Crippen molar-refractivity contribution in [3.63, 3.8) is 0 Å². The van der Waals surface area contributed by atoms with Crippen molar-refractivity contribution in [3.8, 4) is 22.3 Å². The van der Waals surface area contributed by atoms with Crippen molar-refractivity contribution in [1.29, 1.82) is 0 Å². The molecule has 0 saturated heterocycles. The van der Waals surface area contributed by atoms with Crippen LogP contribution in [-0.4, -0.2) is 0 Å². The van der Waals surface area contributed by atoms with Crippen LogP contribution in [0, 0.1) is 29.6 Å². The zero-order valence-electron chi connectivity index (χ0n) is 31.5. The molecule has 0 aromatic heterocycles. The SMILES string of the molecule is CC1C=C(c2ccc(N(c3ccc4c(c3)-c3ccccc3C43C(C)CC4CC(C)CC3C4)c3ccc4c(c3)C(C)(C)c3ccccc3-4)cc2)C=CC1. The number of hydrogen-bond donors (Lipinski definition) is 0. The van der Waals surface area contributed by atoms with Gasteiger partial charge < -0.3 is 4.90 Å². The summed E-state index contributed by atoms with van der Waals surface area (Å²) < 4.78 is 0. The maximum atomic E-state index is 2.57. The van der Waals surface area contributed by atoms with Gasteiger partial charge >= 0.3 is 0 Å². The Morgan fingerprint density at radius 3 is 2.02 bits per heavy atom. The first-order chi connectivity index (χ1) is 25.2. The van der Waals surface area contributed by atoms with Gasteiger partial charge in [0.1, 0.15) is 0 Å². The lowest BCUT2D eigenvalue weighted by Crippen LogP contribution is -2.49. The second kappa shape index (κ2) is 11.7. The molecule has 2 saturated carbocycles. The number of anilines is 3. The van der Waals surface area contributed by atoms with Gasteiger partial charge in [0.15, 0.2) is 0 Å². The summed E-state index contributed by atoms with van der Waals surface area (Å²) in [6.07, 6.45) is 13.6. The Balaban J connectivity index is 1.14. The molecule has 260 valence electrons. The second-order valence-corrected chi connectivity index (χ2v) is 17.7. The van der Waals surface area contributed by atoms with Crippen LogP contribution in [-0.2, 0) is 10.8 Å². The van der Waals surface area contributed by atoms with Gasteiger partial charge in [-0.1, -0.05) is 126 Å². The molecule has 5 aromatic rings. The molecule has 0 aliphatic heterocycles. The maximum absolute atomic E-state index is 2.57. The molecule has 5 aromatic carbocycles. The lowest BCUT2D eigenvalue weighted by Gasteiger charge is -2.54. The summed E-state index contributed by atoms with van der Waals surface area (Å²) in [7, 11) is 0. The van der Waals surface area contributed by atoms with Crippen molar-refractivity contribution < 1.29 is 0 Å². The molecule has 10 rings (SSSR count). The van der Waals surface area contributed by atoms with Gasteiger partial charge in [-0.15, -0.1) is 0 Å². The van der Waals surface area contributed by atoms with Gasteiger partial charge in [0.2, 0.25) is 0 Å². The molecule has 0 N–H and O–H groups in total. The number of benzene rings is 5. The van der Waals surface area contributed by atoms with Gasteiger partial charge in [-0.2, -0.15) is 0 Å². The van der Waals surface area contributed by atoms with Crippen LogP contribution >= 0.6 is 0 Å². The van der Waals surface area contributed by atoms with Crippen molar-refractivity contribution in [2.75, 3.05) is 4.90 Å². The van der Waals surface area contributed by atoms with Gasteiger partial charge in [-0.05, 0) is 154 Å². The van der Waals surface area contributed by atoms with Crippen LogP contribution in [0.5, 0.6) is 0 Å². The topological polar surface area (TPSA) is 3.24 Å². The van der Waals surface area contributed by atoms with Crippen molar-refractivity contribution in [1.82, 2.24) is 0 Å². The molecule has 6 atom stereocenters. The van der Waals surface area contributed by atoms with E-state index < -0.39 is 0 Å². The van der Waals surface area contributed by atoms with Gasteiger partial charge in [-0.25, -0.2) is 0 Å². The van der Waals surface area contributed by atoms with E-state index in [2.05, 4.69) is 167 Å². The summed E-state index contributed by atoms with van der Waals surface area (Å²) in [4.78, 5) is 2.52. The standard InChI is InChI=1S/C51H51N/c1-32-11-10-12-37(26-32)36-17-19-39(20-18-36)52(41-21-23-44-42-13-6-8-15-46(42)50(4,5)49(44)31-41)40-22-24-48-45(30-40)43-14-7-9-16-47(43)51(48)34(3)28-35-25-33(2)27-38(51)29-35/h6-10,12-24,26,30-35,38H,11,25,27-29H2,1-5H3. The van der Waals surface area contributed by atoms with Gasteiger partial charge in [0.25, 0.3) is 0 Å². The van der Waals surface area contributed by atoms with Crippen LogP contribution in [0.4, 0.5) is 17.1 Å². The van der Waals surface area contributed by atoms with E-state index in [1.165, 1.54) is 87.3 Å². The highest BCUT2D eigenvalue weighted by Crippen LogP contribution is 2.65. The van der Waals surface area contributed by atoms with E-state index in [0.717, 1.165) is 18.3 Å². The van der Waals surface area contributed by atoms with Crippen LogP contribution in [0.25, 0.3) is 27.8 Å². The molecule has 2 fully saturated rings. The van der Waals surface area contributed by atoms with Crippen LogP contribution in [0.15, 0.2) is 127 Å². The zero-order valence-corrected chi connectivity index (χ0v) is 31.5. The normalized spacial score (nSPS) is 27.4. The van der Waals surface area contributed by atoms with E-state index in [1.54, 1.807) is 11.1 Å². The Hall–Kier alpha value is -4.62. The summed E-state index contributed by atoms with van der Waals surface area (Å²) >= 11 is 0. The fourth-order valence-corrected chi connectivity index (χ4v) is 12.0. The van der Waals surface area contributed by atoms with Crippen LogP contribution < -0.4 is 4.90 Å². The minimum atomic E-state index is -0.0662. The third-order valence-corrected chi connectivity index (χ3v) is 14.1. The Labute approximate surface area is 311 Å². The first kappa shape index (κ1) is 32.1. The smallest absolute Gasteiger partial charge is 0.0468 e. The number of fused-ring (bicyclic) bond motifs is 11. The van der Waals surface area contributed by atoms with Crippen molar-refractivity contribution in [2.45, 2.75) is 77.6 Å². The minimum absolute atomic E-state index is 0.0662. The Kier molecular flexibility index (Phi) is 7.21. The van der Waals surface area contributed by atoms with Crippen molar-refractivity contribution >= 4 is 22.6 Å². The minimum Gasteiger partial charge on any atom is -0.310 e. The largest absolute Gasteiger partial charge is 0.310 e. The Morgan fingerprint density at radius 1 is 0.577 bits per heavy atom. The summed E-state index contributed by atoms with van der Waals surface area (Å²) in [5, 5.41) is 0. The van der Waals surface area contributed by atoms with Crippen LogP contribution in [0.1, 0.15) is 94.5 Å². The molecule has 5 aliphatic rings. The second-order valence-electron chi connectivity index (χ2n) is 17.7. The molecular formula is C51H51N. The van der Waals surface area contributed by atoms with Crippen LogP contribution in [0.3, 0.4) is 0 Å². The first-order valence-electron chi connectivity index (χ1n) is 20.0. The highest BCUT2D eigenvalue weighted by atomic mass is 15.1. The van der Waals surface area contributed by atoms with E-state index in [4.69, 9.17) is 0 Å². The molecule has 52 heavy (non-hydrogen) atoms. The molecule has 0 radical (unpaired) electrons. The fraction of sp³-hybridized carbons (Fsp3) is 0.333. The quantitative estimate of drug-likeness (QED) is 0.183. The van der Waals surface area contributed by atoms with E-state index in [0.29, 0.717) is 17.8 Å². The molecule has 1 heteroatoms. The molecule has 0 heterocycles. The highest BCUT2D eigenvalue weighted by Gasteiger charge is 2.56. The molecule has 0 amide bonds. The lowest BCUT2D eigenvalue weighted by molar-refractivity contribution is 0.0426. The molecular weight excluding hydrogens is 627 g/mol. The predicted octanol–water partition coefficient (Wildman–Crippen LogP) is 13.8. The molecule has 1 nitrogen and oxygen atoms in total. The van der Waals surface area contributed by atoms with Gasteiger partial charge in [0, 0.05) is 27.9 Å². The summed E-state index contributed by atoms with van der Waals surface area (Å²) in [5.74, 6) is 3.59. The van der Waals surface area contributed by atoms with Crippen LogP contribution in [0.2, 0.25) is 0 Å². The van der Waals surface area contributed by atoms with Gasteiger partial charge in [-0.3, -0.25) is 0 Å². The maximum Gasteiger partial charge on any atom is 0.0468 e. The summed E-state index contributed by atoms with van der Waals surface area (Å²) in [5.41, 5.74) is 17.9. The van der Waals surface area contributed by atoms with E-state index in [-0.39, 0.29) is 10.8 Å². The average molecular weight is 678 g/mol. The molecule has 1 spiro atoms. The zero-order chi connectivity index (χ0) is 35.4. The Morgan fingerprint density at radius 2 is 1.23 bits per heavy atom. The van der Waals surface area contributed by atoms with E-state index >= 15 is 0 Å². The summed E-state index contributed by atoms with van der Waals surface area (Å²) in [6, 6.07) is 42.5. The molecule has 6 unspecified atom stereocenters. The number of hydrogen-bond acceptors (Lipinski definition) is 1. The Bertz CT molecular complexity index is 2280. The van der Waals surface area contributed by atoms with Gasteiger partial charge in [0.05, 0.1) is 0 Å². The van der Waals surface area contributed by atoms with Crippen molar-refractivity contribution in [3.05, 3.63) is 155 Å². The number of allylic oxidation sites excluding steroid dienone is 4. The van der Waals surface area contributed by atoms with Crippen molar-refractivity contribution in [2.24, 2.45) is 29.6 Å². The molecule has 2 bridgehead atoms. The predicted molar refractivity (Wildman–Crippen MR) is 220 cm³/mol. The van der Waals surface area contributed by atoms with E-state index in [9.17, 15) is 0 Å². The average Bonchev–Trinajstić information content (AvgIpc) is 3.57. The lowest BCUT2D eigenvalue weighted by atomic mass is 9.49. The first-order valence-corrected chi connectivity index (χ1v) is 20.0. The highest BCUT2D eigenvalue weighted by molar-refractivity contribution is 5.89. The fourth-order valence-electron chi connectivity index (χ4n) is 12.0. The number of nitrogens with zero attached hydrogens (tertiary/aromatic N) is 1. The monoisotopic (exact) mass is 677 g/mol.